The third kappa shape index (κ3) is 3.92. The van der Waals surface area contributed by atoms with Crippen molar-refractivity contribution >= 4 is 23.4 Å². The second kappa shape index (κ2) is 8.02. The van der Waals surface area contributed by atoms with Crippen molar-refractivity contribution in [3.8, 4) is 0 Å². The van der Waals surface area contributed by atoms with Gasteiger partial charge < -0.3 is 10.2 Å². The number of halogens is 1. The number of hydrogen-bond acceptors (Lipinski definition) is 2. The molecule has 130 valence electrons. The molecule has 1 heterocycles. The highest BCUT2D eigenvalue weighted by molar-refractivity contribution is 6.31. The molecule has 1 unspecified atom stereocenters. The molecule has 2 fully saturated rings. The molecule has 2 aliphatic rings. The molecule has 3 rings (SSSR count). The predicted molar refractivity (Wildman–Crippen MR) is 94.9 cm³/mol. The van der Waals surface area contributed by atoms with Crippen LogP contribution in [-0.4, -0.2) is 35.8 Å². The van der Waals surface area contributed by atoms with Crippen molar-refractivity contribution in [1.82, 2.24) is 10.2 Å². The summed E-state index contributed by atoms with van der Waals surface area (Å²) in [7, 11) is 0. The minimum Gasteiger partial charge on any atom is -0.355 e. The Hall–Kier alpha value is -1.55. The van der Waals surface area contributed by atoms with Gasteiger partial charge in [-0.3, -0.25) is 9.59 Å². The van der Waals surface area contributed by atoms with Crippen LogP contribution in [0.5, 0.6) is 0 Å². The summed E-state index contributed by atoms with van der Waals surface area (Å²) in [5, 5.41) is 3.62. The third-order valence-electron chi connectivity index (χ3n) is 5.22. The van der Waals surface area contributed by atoms with Gasteiger partial charge in [0.15, 0.2) is 0 Å². The number of amides is 2. The highest BCUT2D eigenvalue weighted by Crippen LogP contribution is 2.28. The van der Waals surface area contributed by atoms with Crippen LogP contribution in [0.1, 0.15) is 44.1 Å². The Morgan fingerprint density at radius 2 is 1.92 bits per heavy atom. The summed E-state index contributed by atoms with van der Waals surface area (Å²) in [5.74, 6) is -0.610. The zero-order valence-electron chi connectivity index (χ0n) is 14.0. The molecule has 24 heavy (non-hydrogen) atoms. The van der Waals surface area contributed by atoms with Gasteiger partial charge in [0.2, 0.25) is 11.8 Å². The molecule has 2 amide bonds. The van der Waals surface area contributed by atoms with Gasteiger partial charge in [-0.2, -0.15) is 0 Å². The Bertz CT molecular complexity index is 599. The number of benzene rings is 1. The molecule has 1 aromatic carbocycles. The molecule has 1 aliphatic carbocycles. The number of hydrogen-bond donors (Lipinski definition) is 1. The van der Waals surface area contributed by atoms with Crippen LogP contribution in [-0.2, 0) is 16.0 Å². The van der Waals surface area contributed by atoms with Crippen LogP contribution in [0.4, 0.5) is 0 Å². The lowest BCUT2D eigenvalue weighted by molar-refractivity contribution is -0.139. The van der Waals surface area contributed by atoms with E-state index in [9.17, 15) is 9.59 Å². The molecule has 1 aromatic rings. The summed E-state index contributed by atoms with van der Waals surface area (Å²) in [6.07, 6.45) is 7.17. The quantitative estimate of drug-likeness (QED) is 0.831. The van der Waals surface area contributed by atoms with E-state index in [1.165, 1.54) is 19.3 Å². The topological polar surface area (TPSA) is 49.4 Å². The van der Waals surface area contributed by atoms with Crippen LogP contribution in [0.25, 0.3) is 0 Å². The fourth-order valence-corrected chi connectivity index (χ4v) is 4.08. The minimum atomic E-state index is -0.502. The zero-order chi connectivity index (χ0) is 16.9. The summed E-state index contributed by atoms with van der Waals surface area (Å²) in [4.78, 5) is 26.9. The molecule has 1 saturated heterocycles. The van der Waals surface area contributed by atoms with Crippen LogP contribution >= 0.6 is 11.6 Å². The summed E-state index contributed by atoms with van der Waals surface area (Å²) >= 11 is 6.12. The van der Waals surface area contributed by atoms with E-state index in [2.05, 4.69) is 5.32 Å². The molecule has 0 aromatic heterocycles. The summed E-state index contributed by atoms with van der Waals surface area (Å²) in [6, 6.07) is 7.99. The standard InChI is InChI=1S/C19H25ClN2O2/c20-17-9-5-4-6-14(17)10-12-21-18(23)16-11-13-22(19(16)24)15-7-2-1-3-8-15/h4-6,9,15-16H,1-3,7-8,10-13H2,(H,21,23). The first-order chi connectivity index (χ1) is 11.7. The van der Waals surface area contributed by atoms with Crippen LogP contribution < -0.4 is 5.32 Å². The Labute approximate surface area is 148 Å². The molecular weight excluding hydrogens is 324 g/mol. The van der Waals surface area contributed by atoms with E-state index in [4.69, 9.17) is 11.6 Å². The molecular formula is C19H25ClN2O2. The minimum absolute atomic E-state index is 0.0251. The Kier molecular flexibility index (Phi) is 5.77. The molecule has 5 heteroatoms. The van der Waals surface area contributed by atoms with Crippen LogP contribution in [0.2, 0.25) is 5.02 Å². The van der Waals surface area contributed by atoms with Crippen molar-refractivity contribution in [2.45, 2.75) is 51.0 Å². The van der Waals surface area contributed by atoms with Crippen molar-refractivity contribution in [2.24, 2.45) is 5.92 Å². The van der Waals surface area contributed by atoms with Crippen molar-refractivity contribution < 1.29 is 9.59 Å². The maximum atomic E-state index is 12.6. The second-order valence-corrected chi connectivity index (χ2v) is 7.20. The van der Waals surface area contributed by atoms with E-state index in [1.807, 2.05) is 29.2 Å². The number of carbonyl (C=O) groups excluding carboxylic acids is 2. The normalized spacial score (nSPS) is 22.0. The van der Waals surface area contributed by atoms with E-state index < -0.39 is 5.92 Å². The first-order valence-corrected chi connectivity index (χ1v) is 9.36. The van der Waals surface area contributed by atoms with Gasteiger partial charge in [0.05, 0.1) is 0 Å². The van der Waals surface area contributed by atoms with Gasteiger partial charge in [-0.05, 0) is 37.3 Å². The van der Waals surface area contributed by atoms with Gasteiger partial charge >= 0.3 is 0 Å². The zero-order valence-corrected chi connectivity index (χ0v) is 14.7. The fourth-order valence-electron chi connectivity index (χ4n) is 3.85. The van der Waals surface area contributed by atoms with Gasteiger partial charge in [0, 0.05) is 24.2 Å². The second-order valence-electron chi connectivity index (χ2n) is 6.80. The molecule has 1 atom stereocenters. The van der Waals surface area contributed by atoms with Crippen molar-refractivity contribution in [2.75, 3.05) is 13.1 Å². The van der Waals surface area contributed by atoms with Gasteiger partial charge in [-0.1, -0.05) is 49.1 Å². The Morgan fingerprint density at radius 1 is 1.17 bits per heavy atom. The lowest BCUT2D eigenvalue weighted by Crippen LogP contribution is -2.42. The van der Waals surface area contributed by atoms with E-state index >= 15 is 0 Å². The van der Waals surface area contributed by atoms with Gasteiger partial charge in [0.1, 0.15) is 5.92 Å². The lowest BCUT2D eigenvalue weighted by atomic mass is 9.94. The number of nitrogens with zero attached hydrogens (tertiary/aromatic N) is 1. The van der Waals surface area contributed by atoms with Crippen LogP contribution in [0.3, 0.4) is 0 Å². The summed E-state index contributed by atoms with van der Waals surface area (Å²) in [5.41, 5.74) is 1.01. The maximum absolute atomic E-state index is 12.6. The molecule has 0 radical (unpaired) electrons. The lowest BCUT2D eigenvalue weighted by Gasteiger charge is -2.31. The summed E-state index contributed by atoms with van der Waals surface area (Å²) < 4.78 is 0. The average Bonchev–Trinajstić information content (AvgIpc) is 2.99. The van der Waals surface area contributed by atoms with E-state index in [0.29, 0.717) is 30.5 Å². The van der Waals surface area contributed by atoms with Crippen LogP contribution in [0.15, 0.2) is 24.3 Å². The molecule has 1 saturated carbocycles. The monoisotopic (exact) mass is 348 g/mol. The first-order valence-electron chi connectivity index (χ1n) is 8.98. The summed E-state index contributed by atoms with van der Waals surface area (Å²) in [6.45, 7) is 1.24. The smallest absolute Gasteiger partial charge is 0.235 e. The average molecular weight is 349 g/mol. The highest BCUT2D eigenvalue weighted by Gasteiger charge is 2.39. The Balaban J connectivity index is 1.48. The maximum Gasteiger partial charge on any atom is 0.235 e. The molecule has 0 spiro atoms. The molecule has 1 aliphatic heterocycles. The van der Waals surface area contributed by atoms with Gasteiger partial charge in [-0.15, -0.1) is 0 Å². The Morgan fingerprint density at radius 3 is 2.67 bits per heavy atom. The van der Waals surface area contributed by atoms with Crippen molar-refractivity contribution in [3.05, 3.63) is 34.9 Å². The van der Waals surface area contributed by atoms with E-state index in [-0.39, 0.29) is 11.8 Å². The van der Waals surface area contributed by atoms with Crippen molar-refractivity contribution in [3.63, 3.8) is 0 Å². The molecule has 1 N–H and O–H groups in total. The number of nitrogens with one attached hydrogen (secondary N) is 1. The SMILES string of the molecule is O=C(NCCc1ccccc1Cl)C1CCN(C2CCCCC2)C1=O. The van der Waals surface area contributed by atoms with Crippen LogP contribution in [0, 0.1) is 5.92 Å². The van der Waals surface area contributed by atoms with E-state index in [1.54, 1.807) is 0 Å². The predicted octanol–water partition coefficient (Wildman–Crippen LogP) is 3.18. The van der Waals surface area contributed by atoms with E-state index in [0.717, 1.165) is 24.9 Å². The number of likely N-dealkylation sites (tertiary alicyclic amines) is 1. The number of carbonyl (C=O) groups is 2. The fraction of sp³-hybridized carbons (Fsp3) is 0.579. The molecule has 4 nitrogen and oxygen atoms in total. The third-order valence-corrected chi connectivity index (χ3v) is 5.59. The van der Waals surface area contributed by atoms with Gasteiger partial charge in [-0.25, -0.2) is 0 Å². The number of rotatable bonds is 5. The van der Waals surface area contributed by atoms with Gasteiger partial charge in [0.25, 0.3) is 0 Å². The highest BCUT2D eigenvalue weighted by atomic mass is 35.5. The first kappa shape index (κ1) is 17.3. The van der Waals surface area contributed by atoms with Crippen molar-refractivity contribution in [1.29, 1.82) is 0 Å². The molecule has 0 bridgehead atoms. The largest absolute Gasteiger partial charge is 0.355 e.